The van der Waals surface area contributed by atoms with Gasteiger partial charge >= 0.3 is 0 Å². The van der Waals surface area contributed by atoms with Crippen LogP contribution in [0.3, 0.4) is 0 Å². The monoisotopic (exact) mass is 308 g/mol. The number of anilines is 1. The van der Waals surface area contributed by atoms with Crippen LogP contribution in [0.1, 0.15) is 35.8 Å². The van der Waals surface area contributed by atoms with Gasteiger partial charge in [-0.1, -0.05) is 6.92 Å². The molecule has 0 unspecified atom stereocenters. The van der Waals surface area contributed by atoms with Crippen LogP contribution in [0.15, 0.2) is 0 Å². The molecule has 1 aromatic heterocycles. The van der Waals surface area contributed by atoms with Crippen molar-refractivity contribution < 1.29 is 9.53 Å². The number of ether oxygens (including phenoxy) is 1. The summed E-state index contributed by atoms with van der Waals surface area (Å²) in [6.45, 7) is 5.86. The number of carbonyl (C=O) groups excluding carboxylic acids is 1. The highest BCUT2D eigenvalue weighted by Gasteiger charge is 2.21. The molecule has 0 spiro atoms. The van der Waals surface area contributed by atoms with Gasteiger partial charge in [-0.2, -0.15) is 0 Å². The fourth-order valence-electron chi connectivity index (χ4n) is 3.23. The van der Waals surface area contributed by atoms with Gasteiger partial charge in [-0.15, -0.1) is 11.3 Å². The molecule has 1 aromatic rings. The summed E-state index contributed by atoms with van der Waals surface area (Å²) in [6.07, 6.45) is 5.97. The first-order chi connectivity index (χ1) is 10.3. The van der Waals surface area contributed by atoms with Crippen LogP contribution in [0.5, 0.6) is 0 Å². The molecule has 116 valence electrons. The van der Waals surface area contributed by atoms with E-state index in [9.17, 15) is 4.79 Å². The van der Waals surface area contributed by atoms with Crippen LogP contribution in [0.25, 0.3) is 0 Å². The minimum Gasteiger partial charge on any atom is -0.379 e. The summed E-state index contributed by atoms with van der Waals surface area (Å²) in [5.41, 5.74) is 2.90. The topological polar surface area (TPSA) is 41.6 Å². The molecule has 1 aliphatic carbocycles. The Hall–Kier alpha value is -0.910. The summed E-state index contributed by atoms with van der Waals surface area (Å²) in [5, 5.41) is 4.26. The Morgan fingerprint density at radius 2 is 2.05 bits per heavy atom. The minimum absolute atomic E-state index is 0.116. The number of thiophene rings is 1. The molecule has 1 amide bonds. The molecule has 2 heterocycles. The lowest BCUT2D eigenvalue weighted by Gasteiger charge is -2.25. The first-order valence-corrected chi connectivity index (χ1v) is 8.83. The van der Waals surface area contributed by atoms with Crippen molar-refractivity contribution in [2.45, 2.75) is 39.0 Å². The van der Waals surface area contributed by atoms with E-state index in [0.29, 0.717) is 6.54 Å². The molecule has 0 bridgehead atoms. The van der Waals surface area contributed by atoms with Crippen LogP contribution in [-0.2, 0) is 28.8 Å². The van der Waals surface area contributed by atoms with Crippen molar-refractivity contribution in [3.05, 3.63) is 16.0 Å². The Kier molecular flexibility index (Phi) is 4.93. The van der Waals surface area contributed by atoms with Gasteiger partial charge in [-0.25, -0.2) is 0 Å². The third-order valence-corrected chi connectivity index (χ3v) is 5.61. The second-order valence-corrected chi connectivity index (χ2v) is 6.91. The molecule has 0 saturated carbocycles. The summed E-state index contributed by atoms with van der Waals surface area (Å²) in [6, 6.07) is 0. The average molecular weight is 308 g/mol. The van der Waals surface area contributed by atoms with Gasteiger partial charge < -0.3 is 10.1 Å². The van der Waals surface area contributed by atoms with Gasteiger partial charge in [0.25, 0.3) is 0 Å². The fourth-order valence-corrected chi connectivity index (χ4v) is 4.63. The largest absolute Gasteiger partial charge is 0.379 e. The molecule has 0 atom stereocenters. The molecule has 21 heavy (non-hydrogen) atoms. The summed E-state index contributed by atoms with van der Waals surface area (Å²) in [5.74, 6) is 0.116. The van der Waals surface area contributed by atoms with Gasteiger partial charge in [0, 0.05) is 18.0 Å². The number of morpholine rings is 1. The first-order valence-electron chi connectivity index (χ1n) is 8.01. The van der Waals surface area contributed by atoms with Crippen LogP contribution in [-0.4, -0.2) is 43.7 Å². The summed E-state index contributed by atoms with van der Waals surface area (Å²) in [4.78, 5) is 15.9. The van der Waals surface area contributed by atoms with Crippen LogP contribution >= 0.6 is 11.3 Å². The quantitative estimate of drug-likeness (QED) is 0.929. The third-order valence-electron chi connectivity index (χ3n) is 4.36. The number of rotatable bonds is 4. The van der Waals surface area contributed by atoms with Crippen molar-refractivity contribution in [1.82, 2.24) is 4.90 Å². The van der Waals surface area contributed by atoms with Gasteiger partial charge in [-0.05, 0) is 43.2 Å². The second kappa shape index (κ2) is 6.90. The summed E-state index contributed by atoms with van der Waals surface area (Å²) >= 11 is 1.80. The Bertz CT molecular complexity index is 507. The minimum atomic E-state index is 0.116. The van der Waals surface area contributed by atoms with E-state index in [0.717, 1.165) is 37.7 Å². The zero-order valence-electron chi connectivity index (χ0n) is 12.7. The van der Waals surface area contributed by atoms with Crippen molar-refractivity contribution in [3.63, 3.8) is 0 Å². The van der Waals surface area contributed by atoms with E-state index in [-0.39, 0.29) is 5.91 Å². The Labute approximate surface area is 130 Å². The highest BCUT2D eigenvalue weighted by molar-refractivity contribution is 7.16. The lowest BCUT2D eigenvalue weighted by molar-refractivity contribution is -0.118. The Morgan fingerprint density at radius 1 is 1.29 bits per heavy atom. The Morgan fingerprint density at radius 3 is 2.81 bits per heavy atom. The lowest BCUT2D eigenvalue weighted by Crippen LogP contribution is -2.41. The van der Waals surface area contributed by atoms with E-state index >= 15 is 0 Å². The third kappa shape index (κ3) is 3.47. The first kappa shape index (κ1) is 15.0. The SMILES string of the molecule is CCc1c(NC(=O)CN2CCOCC2)sc2c1CCCC2. The molecular formula is C16H24N2O2S. The number of fused-ring (bicyclic) bond motifs is 1. The number of amides is 1. The molecular weight excluding hydrogens is 284 g/mol. The average Bonchev–Trinajstić information content (AvgIpc) is 2.85. The maximum absolute atomic E-state index is 12.3. The predicted octanol–water partition coefficient (Wildman–Crippen LogP) is 2.46. The van der Waals surface area contributed by atoms with E-state index in [1.165, 1.54) is 41.7 Å². The van der Waals surface area contributed by atoms with Crippen LogP contribution in [0.2, 0.25) is 0 Å². The zero-order chi connectivity index (χ0) is 14.7. The molecule has 1 N–H and O–H groups in total. The van der Waals surface area contributed by atoms with Crippen LogP contribution in [0, 0.1) is 0 Å². The zero-order valence-corrected chi connectivity index (χ0v) is 13.6. The van der Waals surface area contributed by atoms with Crippen molar-refractivity contribution in [2.24, 2.45) is 0 Å². The highest BCUT2D eigenvalue weighted by Crippen LogP contribution is 2.38. The van der Waals surface area contributed by atoms with E-state index in [4.69, 9.17) is 4.74 Å². The number of hydrogen-bond donors (Lipinski definition) is 1. The molecule has 1 fully saturated rings. The number of nitrogens with one attached hydrogen (secondary N) is 1. The second-order valence-electron chi connectivity index (χ2n) is 5.81. The number of hydrogen-bond acceptors (Lipinski definition) is 4. The van der Waals surface area contributed by atoms with E-state index in [1.807, 2.05) is 0 Å². The molecule has 2 aliphatic rings. The molecule has 1 saturated heterocycles. The van der Waals surface area contributed by atoms with Crippen molar-refractivity contribution in [3.8, 4) is 0 Å². The molecule has 3 rings (SSSR count). The van der Waals surface area contributed by atoms with Gasteiger partial charge in [0.2, 0.25) is 5.91 Å². The van der Waals surface area contributed by atoms with Crippen molar-refractivity contribution in [1.29, 1.82) is 0 Å². The van der Waals surface area contributed by atoms with Gasteiger partial charge in [0.15, 0.2) is 0 Å². The molecule has 1 aliphatic heterocycles. The van der Waals surface area contributed by atoms with Gasteiger partial charge in [-0.3, -0.25) is 9.69 Å². The maximum Gasteiger partial charge on any atom is 0.239 e. The molecule has 0 radical (unpaired) electrons. The normalized spacial score (nSPS) is 19.3. The van der Waals surface area contributed by atoms with Gasteiger partial charge in [0.05, 0.1) is 24.8 Å². The van der Waals surface area contributed by atoms with Crippen molar-refractivity contribution in [2.75, 3.05) is 38.2 Å². The van der Waals surface area contributed by atoms with E-state index in [1.54, 1.807) is 11.3 Å². The highest BCUT2D eigenvalue weighted by atomic mass is 32.1. The van der Waals surface area contributed by atoms with E-state index < -0.39 is 0 Å². The molecule has 4 nitrogen and oxygen atoms in total. The number of aryl methyl sites for hydroxylation is 1. The smallest absolute Gasteiger partial charge is 0.239 e. The summed E-state index contributed by atoms with van der Waals surface area (Å²) in [7, 11) is 0. The van der Waals surface area contributed by atoms with Crippen LogP contribution in [0.4, 0.5) is 5.00 Å². The maximum atomic E-state index is 12.3. The van der Waals surface area contributed by atoms with Crippen molar-refractivity contribution >= 4 is 22.2 Å². The molecule has 0 aromatic carbocycles. The van der Waals surface area contributed by atoms with Crippen LogP contribution < -0.4 is 5.32 Å². The Balaban J connectivity index is 1.66. The molecule has 5 heteroatoms. The van der Waals surface area contributed by atoms with Gasteiger partial charge in [0.1, 0.15) is 0 Å². The standard InChI is InChI=1S/C16H24N2O2S/c1-2-12-13-5-3-4-6-14(13)21-16(12)17-15(19)11-18-7-9-20-10-8-18/h2-11H2,1H3,(H,17,19). The number of nitrogens with zero attached hydrogens (tertiary/aromatic N) is 1. The lowest BCUT2D eigenvalue weighted by atomic mass is 9.94. The predicted molar refractivity (Wildman–Crippen MR) is 86.2 cm³/mol. The van der Waals surface area contributed by atoms with E-state index in [2.05, 4.69) is 17.1 Å². The fraction of sp³-hybridized carbons (Fsp3) is 0.688. The number of carbonyl (C=O) groups is 1. The summed E-state index contributed by atoms with van der Waals surface area (Å²) < 4.78 is 5.32.